The second-order valence-corrected chi connectivity index (χ2v) is 10.5. The van der Waals surface area contributed by atoms with Gasteiger partial charge in [0.1, 0.15) is 0 Å². The molecule has 2 heteroatoms. The van der Waals surface area contributed by atoms with Gasteiger partial charge in [0.15, 0.2) is 0 Å². The Morgan fingerprint density at radius 3 is 2.64 bits per heavy atom. The number of hydrogen-bond donors (Lipinski definition) is 1. The van der Waals surface area contributed by atoms with Crippen molar-refractivity contribution in [3.8, 4) is 0 Å². The molecule has 140 valence electrons. The number of hydrogen-bond acceptors (Lipinski definition) is 2. The highest BCUT2D eigenvalue weighted by Gasteiger charge is 2.64. The summed E-state index contributed by atoms with van der Waals surface area (Å²) in [6, 6.07) is 0. The summed E-state index contributed by atoms with van der Waals surface area (Å²) in [7, 11) is 0. The molecule has 5 aliphatic rings. The highest BCUT2D eigenvalue weighted by atomic mass is 16.5. The van der Waals surface area contributed by atoms with Gasteiger partial charge in [0.25, 0.3) is 0 Å². The fraction of sp³-hybridized carbons (Fsp3) is 0.913. The Bertz CT molecular complexity index is 575. The summed E-state index contributed by atoms with van der Waals surface area (Å²) < 4.78 is 6.58. The molecule has 25 heavy (non-hydrogen) atoms. The third-order valence-electron chi connectivity index (χ3n) is 9.72. The lowest BCUT2D eigenvalue weighted by Gasteiger charge is -2.60. The summed E-state index contributed by atoms with van der Waals surface area (Å²) >= 11 is 0. The molecule has 0 aromatic heterocycles. The Morgan fingerprint density at radius 2 is 1.84 bits per heavy atom. The molecule has 1 heterocycles. The normalized spacial score (nSPS) is 55.2. The van der Waals surface area contributed by atoms with Crippen LogP contribution in [-0.2, 0) is 4.74 Å². The zero-order valence-corrected chi connectivity index (χ0v) is 16.2. The summed E-state index contributed by atoms with van der Waals surface area (Å²) in [6.07, 6.45) is 16.3. The van der Waals surface area contributed by atoms with Gasteiger partial charge in [0.2, 0.25) is 0 Å². The maximum atomic E-state index is 10.2. The van der Waals surface area contributed by atoms with Gasteiger partial charge in [-0.3, -0.25) is 0 Å². The predicted molar refractivity (Wildman–Crippen MR) is 100 cm³/mol. The van der Waals surface area contributed by atoms with Crippen molar-refractivity contribution >= 4 is 0 Å². The summed E-state index contributed by atoms with van der Waals surface area (Å²) in [4.78, 5) is 0. The van der Waals surface area contributed by atoms with Crippen LogP contribution in [0.3, 0.4) is 0 Å². The summed E-state index contributed by atoms with van der Waals surface area (Å²) in [5.74, 6) is 2.55. The summed E-state index contributed by atoms with van der Waals surface area (Å²) in [5.41, 5.74) is 2.57. The van der Waals surface area contributed by atoms with E-state index in [2.05, 4.69) is 19.9 Å². The first-order valence-corrected chi connectivity index (χ1v) is 11.0. The molecule has 1 N–H and O–H groups in total. The topological polar surface area (TPSA) is 29.5 Å². The molecule has 1 saturated heterocycles. The molecule has 5 rings (SSSR count). The largest absolute Gasteiger partial charge is 0.393 e. The van der Waals surface area contributed by atoms with Crippen molar-refractivity contribution < 1.29 is 9.84 Å². The zero-order valence-electron chi connectivity index (χ0n) is 16.2. The van der Waals surface area contributed by atoms with Gasteiger partial charge in [-0.1, -0.05) is 25.5 Å². The average molecular weight is 345 g/mol. The van der Waals surface area contributed by atoms with Crippen molar-refractivity contribution in [2.24, 2.45) is 28.6 Å². The van der Waals surface area contributed by atoms with Crippen LogP contribution < -0.4 is 0 Å². The molecule has 1 spiro atoms. The number of aliphatic hydroxyl groups excluding tert-OH is 1. The molecule has 0 aromatic rings. The summed E-state index contributed by atoms with van der Waals surface area (Å²) in [5, 5.41) is 10.2. The highest BCUT2D eigenvalue weighted by Crippen LogP contribution is 2.69. The van der Waals surface area contributed by atoms with E-state index in [-0.39, 0.29) is 11.7 Å². The first kappa shape index (κ1) is 16.8. The Kier molecular flexibility index (Phi) is 3.75. The minimum Gasteiger partial charge on any atom is -0.393 e. The van der Waals surface area contributed by atoms with Crippen LogP contribution in [0.1, 0.15) is 84.5 Å². The Labute approximate surface area is 153 Å². The van der Waals surface area contributed by atoms with E-state index < -0.39 is 0 Å². The monoisotopic (exact) mass is 344 g/mol. The van der Waals surface area contributed by atoms with E-state index in [9.17, 15) is 5.11 Å². The van der Waals surface area contributed by atoms with Crippen molar-refractivity contribution in [3.63, 3.8) is 0 Å². The fourth-order valence-corrected chi connectivity index (χ4v) is 8.23. The Hall–Kier alpha value is -0.340. The quantitative estimate of drug-likeness (QED) is 0.608. The second kappa shape index (κ2) is 5.58. The minimum absolute atomic E-state index is 0.0879. The molecule has 1 aliphatic heterocycles. The van der Waals surface area contributed by atoms with E-state index in [1.54, 1.807) is 5.57 Å². The first-order valence-electron chi connectivity index (χ1n) is 11.0. The smallest absolute Gasteiger partial charge is 0.0738 e. The van der Waals surface area contributed by atoms with Crippen molar-refractivity contribution in [1.29, 1.82) is 0 Å². The maximum Gasteiger partial charge on any atom is 0.0738 e. The van der Waals surface area contributed by atoms with Crippen molar-refractivity contribution in [2.75, 3.05) is 6.61 Å². The van der Waals surface area contributed by atoms with E-state index in [1.807, 2.05) is 0 Å². The standard InChI is InChI=1S/C23H36O2/c1-21-11-7-17(24)15-16(21)5-6-18-19(21)8-12-22(2)20(18)9-13-23(22)10-3-4-14-25-23/h5,17-20,24H,3-4,6-15H2,1-2H3/t17?,18?,19?,20?,21?,22?,23-/m0/s1. The molecule has 3 saturated carbocycles. The Morgan fingerprint density at radius 1 is 1.00 bits per heavy atom. The number of aliphatic hydroxyl groups is 1. The highest BCUT2D eigenvalue weighted by molar-refractivity contribution is 5.26. The first-order chi connectivity index (χ1) is 12.0. The molecule has 0 amide bonds. The van der Waals surface area contributed by atoms with Gasteiger partial charge in [-0.05, 0) is 99.2 Å². The molecule has 2 nitrogen and oxygen atoms in total. The summed E-state index contributed by atoms with van der Waals surface area (Å²) in [6.45, 7) is 6.13. The molecule has 7 atom stereocenters. The molecular formula is C23H36O2. The average Bonchev–Trinajstić information content (AvgIpc) is 2.89. The van der Waals surface area contributed by atoms with E-state index in [0.29, 0.717) is 10.8 Å². The molecule has 4 fully saturated rings. The maximum absolute atomic E-state index is 10.2. The molecule has 4 aliphatic carbocycles. The van der Waals surface area contributed by atoms with Crippen LogP contribution in [0, 0.1) is 28.6 Å². The molecule has 0 aromatic carbocycles. The lowest BCUT2D eigenvalue weighted by Crippen LogP contribution is -2.56. The van der Waals surface area contributed by atoms with Gasteiger partial charge in [0.05, 0.1) is 11.7 Å². The van der Waals surface area contributed by atoms with E-state index >= 15 is 0 Å². The van der Waals surface area contributed by atoms with Gasteiger partial charge in [0, 0.05) is 6.61 Å². The van der Waals surface area contributed by atoms with Crippen LogP contribution >= 0.6 is 0 Å². The molecule has 6 unspecified atom stereocenters. The number of allylic oxidation sites excluding steroid dienone is 1. The Balaban J connectivity index is 1.47. The SMILES string of the molecule is CC12CCC(O)CC1=CCC1C2CCC2(C)C1CC[C@@]21CCCCO1. The van der Waals surface area contributed by atoms with Crippen LogP contribution in [0.25, 0.3) is 0 Å². The van der Waals surface area contributed by atoms with E-state index in [1.165, 1.54) is 57.8 Å². The van der Waals surface area contributed by atoms with Gasteiger partial charge in [-0.15, -0.1) is 0 Å². The van der Waals surface area contributed by atoms with Crippen LogP contribution in [0.4, 0.5) is 0 Å². The van der Waals surface area contributed by atoms with Crippen molar-refractivity contribution in [3.05, 3.63) is 11.6 Å². The van der Waals surface area contributed by atoms with Gasteiger partial charge < -0.3 is 9.84 Å². The van der Waals surface area contributed by atoms with E-state index in [4.69, 9.17) is 4.74 Å². The molecule has 0 bridgehead atoms. The fourth-order valence-electron chi connectivity index (χ4n) is 8.23. The zero-order chi connectivity index (χ0) is 17.3. The lowest BCUT2D eigenvalue weighted by atomic mass is 9.46. The van der Waals surface area contributed by atoms with Crippen LogP contribution in [0.15, 0.2) is 11.6 Å². The lowest BCUT2D eigenvalue weighted by molar-refractivity contribution is -0.175. The minimum atomic E-state index is -0.0879. The van der Waals surface area contributed by atoms with Crippen molar-refractivity contribution in [2.45, 2.75) is 96.2 Å². The third-order valence-corrected chi connectivity index (χ3v) is 9.72. The number of ether oxygens (including phenoxy) is 1. The number of fused-ring (bicyclic) bond motifs is 6. The van der Waals surface area contributed by atoms with E-state index in [0.717, 1.165) is 37.2 Å². The van der Waals surface area contributed by atoms with Gasteiger partial charge in [-0.2, -0.15) is 0 Å². The second-order valence-electron chi connectivity index (χ2n) is 10.5. The number of rotatable bonds is 0. The van der Waals surface area contributed by atoms with Gasteiger partial charge >= 0.3 is 0 Å². The molecule has 0 radical (unpaired) electrons. The van der Waals surface area contributed by atoms with Crippen LogP contribution in [0.2, 0.25) is 0 Å². The van der Waals surface area contributed by atoms with Crippen LogP contribution in [-0.4, -0.2) is 23.4 Å². The predicted octanol–water partition coefficient (Wildman–Crippen LogP) is 5.25. The van der Waals surface area contributed by atoms with Gasteiger partial charge in [-0.25, -0.2) is 0 Å². The van der Waals surface area contributed by atoms with Crippen molar-refractivity contribution in [1.82, 2.24) is 0 Å². The molecular weight excluding hydrogens is 308 g/mol. The third kappa shape index (κ3) is 2.16. The van der Waals surface area contributed by atoms with Crippen LogP contribution in [0.5, 0.6) is 0 Å².